The average Bonchev–Trinajstić information content (AvgIpc) is 0.872. The van der Waals surface area contributed by atoms with Gasteiger partial charge in [0.25, 0.3) is 5.79 Å². The summed E-state index contributed by atoms with van der Waals surface area (Å²) < 4.78 is 59.9. The zero-order valence-corrected chi connectivity index (χ0v) is 60.2. The lowest BCUT2D eigenvalue weighted by Gasteiger charge is -2.52. The molecule has 6 heterocycles. The molecule has 0 bridgehead atoms. The predicted molar refractivity (Wildman–Crippen MR) is 364 cm³/mol. The number of carbonyl (C=O) groups is 4. The summed E-state index contributed by atoms with van der Waals surface area (Å²) in [4.78, 5) is 57.4. The lowest BCUT2D eigenvalue weighted by molar-refractivity contribution is -0.403. The summed E-state index contributed by atoms with van der Waals surface area (Å²) in [5, 5.41) is 204. The van der Waals surface area contributed by atoms with Gasteiger partial charge in [0.1, 0.15) is 122 Å². The van der Waals surface area contributed by atoms with Crippen molar-refractivity contribution in [3.63, 3.8) is 0 Å². The maximum absolute atomic E-state index is 13.8. The number of rotatable bonds is 42. The first-order valence-corrected chi connectivity index (χ1v) is 36.5. The van der Waals surface area contributed by atoms with Crippen molar-refractivity contribution >= 4 is 41.4 Å². The van der Waals surface area contributed by atoms with Gasteiger partial charge in [-0.3, -0.25) is 19.5 Å². The van der Waals surface area contributed by atoms with E-state index in [2.05, 4.69) is 38.1 Å². The lowest BCUT2D eigenvalue weighted by atomic mass is 9.88. The van der Waals surface area contributed by atoms with Crippen LogP contribution in [0.5, 0.6) is 0 Å². The van der Waals surface area contributed by atoms with E-state index in [9.17, 15) is 106 Å². The van der Waals surface area contributed by atoms with Gasteiger partial charge in [0, 0.05) is 37.3 Å². The van der Waals surface area contributed by atoms with Gasteiger partial charge in [-0.05, 0) is 36.8 Å². The number of unbranched alkanes of at least 4 members (excludes halogenated alkanes) is 14. The molecule has 5 aliphatic rings. The Hall–Kier alpha value is -4.77. The van der Waals surface area contributed by atoms with Crippen LogP contribution in [0.4, 0.5) is 0 Å². The Bertz CT molecular complexity index is 2990. The van der Waals surface area contributed by atoms with Crippen molar-refractivity contribution in [3.05, 3.63) is 41.2 Å². The SMILES string of the molecule is CCCCCCCCCCCCCCCCCC(=O)N[C@@H](CO[C@@H]1O[C@H](CO)[C@@H](O[C@@H]2O[C@H](CO)[C@H](O[C@@H]3O[C@H](CO)[C@H](O)[C@H](O[C@@H]4O[C@H](CO)[C@H](O)[C@H](O)[C@H]4O)[C@H]3NC(C)=O)[C@H](OC3(C(=O)O)C[C@H](O)[C@@H](NC(C)=O)[C@H](C(O)[C@H](O)CO)O3)[C@H]2O)[C@H](O)[C@H]1O)[C@H](O)/C=C\c1nc(-c2ccc(Cl)cc2)n[nH]1. The van der Waals surface area contributed by atoms with Gasteiger partial charge in [-0.1, -0.05) is 114 Å². The molecular formula is C68H109ClN6O31. The number of aliphatic carboxylic acids is 1. The minimum atomic E-state index is -3.40. The fourth-order valence-electron chi connectivity index (χ4n) is 13.4. The van der Waals surface area contributed by atoms with Crippen LogP contribution in [0.1, 0.15) is 136 Å². The maximum Gasteiger partial charge on any atom is 0.364 e. The molecule has 3 amide bonds. The number of H-pyrrole nitrogens is 1. The number of nitrogens with zero attached hydrogens (tertiary/aromatic N) is 2. The highest BCUT2D eigenvalue weighted by molar-refractivity contribution is 6.30. The number of amides is 3. The normalized spacial score (nSPS) is 34.8. The van der Waals surface area contributed by atoms with Crippen LogP contribution in [0.3, 0.4) is 0 Å². The topological polar surface area (TPSA) is 582 Å². The van der Waals surface area contributed by atoms with Crippen LogP contribution in [-0.4, -0.2) is 336 Å². The highest BCUT2D eigenvalue weighted by Gasteiger charge is 2.62. The largest absolute Gasteiger partial charge is 0.477 e. The summed E-state index contributed by atoms with van der Waals surface area (Å²) >= 11 is 6.07. The van der Waals surface area contributed by atoms with Gasteiger partial charge in [0.15, 0.2) is 31.0 Å². The van der Waals surface area contributed by atoms with Crippen LogP contribution in [-0.2, 0) is 66.5 Å². The van der Waals surface area contributed by atoms with Gasteiger partial charge in [-0.15, -0.1) is 0 Å². The van der Waals surface area contributed by atoms with E-state index in [1.165, 1.54) is 69.9 Å². The fourth-order valence-corrected chi connectivity index (χ4v) is 13.5. The lowest BCUT2D eigenvalue weighted by Crippen LogP contribution is -2.72. The van der Waals surface area contributed by atoms with E-state index < -0.39 is 241 Å². The number of benzene rings is 1. The van der Waals surface area contributed by atoms with Gasteiger partial charge in [-0.2, -0.15) is 5.10 Å². The Kier molecular flexibility index (Phi) is 36.0. The Morgan fingerprint density at radius 1 is 0.613 bits per heavy atom. The van der Waals surface area contributed by atoms with Crippen molar-refractivity contribution in [1.29, 1.82) is 0 Å². The number of ether oxygens (including phenoxy) is 10. The van der Waals surface area contributed by atoms with Crippen LogP contribution < -0.4 is 16.0 Å². The van der Waals surface area contributed by atoms with Crippen molar-refractivity contribution in [2.24, 2.45) is 0 Å². The molecule has 21 N–H and O–H groups in total. The summed E-state index contributed by atoms with van der Waals surface area (Å²) in [5.41, 5.74) is 0.621. The minimum absolute atomic E-state index is 0.0591. The molecule has 38 heteroatoms. The number of hydrogen-bond acceptors (Lipinski definition) is 32. The molecule has 28 atom stereocenters. The number of hydrogen-bond donors (Lipinski definition) is 21. The monoisotopic (exact) mass is 1540 g/mol. The van der Waals surface area contributed by atoms with Crippen molar-refractivity contribution < 1.29 is 153 Å². The summed E-state index contributed by atoms with van der Waals surface area (Å²) in [5.74, 6) is -7.37. The van der Waals surface area contributed by atoms with E-state index in [1.54, 1.807) is 24.3 Å². The van der Waals surface area contributed by atoms with Gasteiger partial charge in [0.2, 0.25) is 17.7 Å². The van der Waals surface area contributed by atoms with Crippen molar-refractivity contribution in [1.82, 2.24) is 31.1 Å². The Balaban J connectivity index is 1.13. The van der Waals surface area contributed by atoms with Crippen molar-refractivity contribution in [2.75, 3.05) is 39.6 Å². The first kappa shape index (κ1) is 88.4. The van der Waals surface area contributed by atoms with Gasteiger partial charge in [-0.25, -0.2) is 9.78 Å². The molecule has 0 spiro atoms. The van der Waals surface area contributed by atoms with Crippen LogP contribution in [0, 0.1) is 0 Å². The molecule has 0 saturated carbocycles. The molecule has 5 aliphatic heterocycles. The van der Waals surface area contributed by atoms with E-state index in [0.29, 0.717) is 22.8 Å². The number of carboxylic acid groups (broad SMARTS) is 1. The first-order chi connectivity index (χ1) is 50.6. The number of carbonyl (C=O) groups excluding carboxylic acids is 3. The molecule has 2 unspecified atom stereocenters. The Morgan fingerprint density at radius 3 is 1.70 bits per heavy atom. The highest BCUT2D eigenvalue weighted by atomic mass is 35.5. The van der Waals surface area contributed by atoms with E-state index >= 15 is 0 Å². The predicted octanol–water partition coefficient (Wildman–Crippen LogP) is -4.15. The van der Waals surface area contributed by atoms with Gasteiger partial charge < -0.3 is 150 Å². The van der Waals surface area contributed by atoms with Crippen LogP contribution in [0.2, 0.25) is 5.02 Å². The highest BCUT2D eigenvalue weighted by Crippen LogP contribution is 2.41. The molecule has 37 nitrogen and oxygen atoms in total. The second-order valence-electron chi connectivity index (χ2n) is 27.4. The zero-order valence-electron chi connectivity index (χ0n) is 59.4. The van der Waals surface area contributed by atoms with E-state index in [4.69, 9.17) is 59.0 Å². The summed E-state index contributed by atoms with van der Waals surface area (Å²) in [7, 11) is 0. The first-order valence-electron chi connectivity index (χ1n) is 36.2. The maximum atomic E-state index is 13.8. The third-order valence-corrected chi connectivity index (χ3v) is 19.6. The van der Waals surface area contributed by atoms with Crippen LogP contribution in [0.25, 0.3) is 17.5 Å². The third-order valence-electron chi connectivity index (χ3n) is 19.3. The van der Waals surface area contributed by atoms with E-state index in [-0.39, 0.29) is 12.2 Å². The molecule has 1 aromatic carbocycles. The minimum Gasteiger partial charge on any atom is -0.477 e. The van der Waals surface area contributed by atoms with Crippen molar-refractivity contribution in [2.45, 2.75) is 301 Å². The summed E-state index contributed by atoms with van der Waals surface area (Å²) in [6.07, 6.45) is -32.1. The molecular weight excluding hydrogens is 1430 g/mol. The standard InChI is InChI=1S/C68H109ClN6O31/c1-4-5-6-7-8-9-10-11-12-13-14-15-16-17-18-19-46(86)72-37(38(83)24-25-45-73-62(75-74-45)35-20-22-36(69)23-21-35)32-97-64-55(93)53(91)57(43(30-79)100-64)102-66-56(94)61(106-68(67(95)96)26-39(84)47(70-33(2)81)60(105-68)49(87)40(85)27-76)58(44(31-80)101-66)103-63-48(71-34(3)82)59(51(89)42(29-78)98-63)104-65-54(92)52(90)50(88)41(28-77)99-65/h20-25,37-44,47-61,63-66,76-80,83-85,87-94H,4-19,26-32H2,1-3H3,(H,70,81)(H,71,82)(H,72,86)(H,95,96)(H,73,74,75)/b25-24-/t37-,38+,39-,40+,41+,42+,43+,44+,47+,48+,49?,50-,51-,52-,53+,54+,55+,56+,57+,58-,59+,60+,61+,63-,64+,65-,66-,68?/m0/s1. The second kappa shape index (κ2) is 43.2. The quantitative estimate of drug-likeness (QED) is 0.0281. The van der Waals surface area contributed by atoms with E-state index in [1.807, 2.05) is 0 Å². The Morgan fingerprint density at radius 2 is 1.12 bits per heavy atom. The number of carboxylic acids is 1. The molecule has 2 aromatic rings. The van der Waals surface area contributed by atoms with Crippen molar-refractivity contribution in [3.8, 4) is 11.4 Å². The summed E-state index contributed by atoms with van der Waals surface area (Å²) in [6.45, 7) is -2.14. The van der Waals surface area contributed by atoms with E-state index in [0.717, 1.165) is 46.0 Å². The molecule has 0 radical (unpaired) electrons. The fraction of sp³-hybridized carbons (Fsp3) is 0.794. The molecule has 106 heavy (non-hydrogen) atoms. The third kappa shape index (κ3) is 23.9. The summed E-state index contributed by atoms with van der Waals surface area (Å²) in [6, 6.07) is 1.70. The van der Waals surface area contributed by atoms with Gasteiger partial charge in [0.05, 0.1) is 63.9 Å². The Labute approximate surface area is 617 Å². The zero-order chi connectivity index (χ0) is 77.5. The number of aromatic amines is 1. The van der Waals surface area contributed by atoms with Crippen LogP contribution in [0.15, 0.2) is 30.3 Å². The second-order valence-corrected chi connectivity index (χ2v) is 27.9. The average molecular weight is 1540 g/mol. The molecule has 5 fully saturated rings. The van der Waals surface area contributed by atoms with Crippen LogP contribution >= 0.6 is 11.6 Å². The molecule has 5 saturated heterocycles. The molecule has 0 aliphatic carbocycles. The number of aromatic nitrogens is 3. The number of halogens is 1. The number of aliphatic hydroxyl groups excluding tert-OH is 16. The molecule has 7 rings (SSSR count). The molecule has 604 valence electrons. The number of aliphatic hydroxyl groups is 16. The van der Waals surface area contributed by atoms with Gasteiger partial charge >= 0.3 is 5.97 Å². The smallest absolute Gasteiger partial charge is 0.364 e. The number of nitrogens with one attached hydrogen (secondary N) is 4. The molecule has 1 aromatic heterocycles.